The van der Waals surface area contributed by atoms with Crippen LogP contribution in [0.25, 0.3) is 0 Å². The van der Waals surface area contributed by atoms with Gasteiger partial charge >= 0.3 is 5.97 Å². The summed E-state index contributed by atoms with van der Waals surface area (Å²) in [6, 6.07) is 23.0. The fourth-order valence-electron chi connectivity index (χ4n) is 5.65. The van der Waals surface area contributed by atoms with E-state index in [9.17, 15) is 14.3 Å². The molecule has 0 spiro atoms. The summed E-state index contributed by atoms with van der Waals surface area (Å²) in [7, 11) is 0. The maximum atomic E-state index is 13.5. The van der Waals surface area contributed by atoms with E-state index in [0.717, 1.165) is 50.5 Å². The van der Waals surface area contributed by atoms with Crippen molar-refractivity contribution in [1.82, 2.24) is 4.98 Å². The number of aromatic carboxylic acids is 1. The zero-order chi connectivity index (χ0) is 23.5. The van der Waals surface area contributed by atoms with E-state index in [4.69, 9.17) is 0 Å². The molecule has 2 aromatic carbocycles. The Kier molecular flexibility index (Phi) is 6.36. The fraction of sp³-hybridized carbons (Fsp3) is 0.379. The van der Waals surface area contributed by atoms with E-state index in [1.165, 1.54) is 30.0 Å². The second-order valence-electron chi connectivity index (χ2n) is 10.0. The van der Waals surface area contributed by atoms with Crippen LogP contribution in [0.15, 0.2) is 72.8 Å². The van der Waals surface area contributed by atoms with E-state index in [2.05, 4.69) is 40.2 Å². The van der Waals surface area contributed by atoms with Crippen molar-refractivity contribution < 1.29 is 14.3 Å². The number of benzene rings is 2. The number of anilines is 1. The van der Waals surface area contributed by atoms with Gasteiger partial charge in [0.05, 0.1) is 0 Å². The smallest absolute Gasteiger partial charge is 0.354 e. The van der Waals surface area contributed by atoms with E-state index < -0.39 is 5.97 Å². The van der Waals surface area contributed by atoms with Crippen LogP contribution in [-0.2, 0) is 6.42 Å². The lowest BCUT2D eigenvalue weighted by molar-refractivity contribution is 0.0690. The number of carbonyl (C=O) groups is 1. The van der Waals surface area contributed by atoms with Gasteiger partial charge in [-0.1, -0.05) is 48.5 Å². The van der Waals surface area contributed by atoms with E-state index in [1.54, 1.807) is 18.2 Å². The molecule has 1 N–H and O–H groups in total. The van der Waals surface area contributed by atoms with Crippen LogP contribution in [0, 0.1) is 17.2 Å². The Hall–Kier alpha value is -3.21. The first-order chi connectivity index (χ1) is 16.5. The Bertz CT molecular complexity index is 1120. The average molecular weight is 459 g/mol. The molecule has 176 valence electrons. The number of halogens is 1. The predicted molar refractivity (Wildman–Crippen MR) is 132 cm³/mol. The minimum Gasteiger partial charge on any atom is -0.477 e. The molecule has 0 amide bonds. The summed E-state index contributed by atoms with van der Waals surface area (Å²) in [5.74, 6) is 0.982. The number of carboxylic acid groups (broad SMARTS) is 1. The van der Waals surface area contributed by atoms with E-state index in [0.29, 0.717) is 5.92 Å². The van der Waals surface area contributed by atoms with Crippen LogP contribution < -0.4 is 4.90 Å². The first kappa shape index (κ1) is 22.6. The lowest BCUT2D eigenvalue weighted by Gasteiger charge is -2.43. The molecule has 1 saturated heterocycles. The minimum atomic E-state index is -0.998. The van der Waals surface area contributed by atoms with Gasteiger partial charge in [0.1, 0.15) is 11.6 Å². The molecule has 2 fully saturated rings. The van der Waals surface area contributed by atoms with Crippen molar-refractivity contribution in [3.8, 4) is 0 Å². The molecule has 2 aliphatic rings. The molecule has 3 aromatic rings. The molecule has 1 aliphatic carbocycles. The van der Waals surface area contributed by atoms with Gasteiger partial charge in [0, 0.05) is 13.1 Å². The van der Waals surface area contributed by atoms with Gasteiger partial charge in [0.25, 0.3) is 0 Å². The average Bonchev–Trinajstić information content (AvgIpc) is 3.65. The standard InChI is InChI=1S/C29H31FN2O2/c30-24-11-9-21(10-12-24)20-29(14-13-23-19-25(23)22-5-2-1-3-6-22)15-17-32(18-16-29)27-8-4-7-26(31-27)28(33)34/h1-12,23,25H,13-20H2,(H,33,34)/t23-,25?/m1/s1. The van der Waals surface area contributed by atoms with Crippen LogP contribution >= 0.6 is 0 Å². The van der Waals surface area contributed by atoms with Crippen LogP contribution in [0.1, 0.15) is 59.6 Å². The molecule has 5 rings (SSSR count). The van der Waals surface area contributed by atoms with Crippen molar-refractivity contribution in [2.45, 2.75) is 44.4 Å². The van der Waals surface area contributed by atoms with Crippen molar-refractivity contribution in [1.29, 1.82) is 0 Å². The van der Waals surface area contributed by atoms with Gasteiger partial charge in [-0.25, -0.2) is 14.2 Å². The summed E-state index contributed by atoms with van der Waals surface area (Å²) < 4.78 is 13.5. The lowest BCUT2D eigenvalue weighted by atomic mass is 9.70. The van der Waals surface area contributed by atoms with Crippen molar-refractivity contribution in [2.24, 2.45) is 11.3 Å². The second-order valence-corrected chi connectivity index (χ2v) is 10.0. The molecular formula is C29H31FN2O2. The van der Waals surface area contributed by atoms with Crippen molar-refractivity contribution >= 4 is 11.8 Å². The molecule has 4 nitrogen and oxygen atoms in total. The van der Waals surface area contributed by atoms with Gasteiger partial charge < -0.3 is 10.0 Å². The van der Waals surface area contributed by atoms with Gasteiger partial charge in [0.15, 0.2) is 5.69 Å². The Morgan fingerprint density at radius 2 is 1.74 bits per heavy atom. The van der Waals surface area contributed by atoms with Crippen LogP contribution in [-0.4, -0.2) is 29.1 Å². The Balaban J connectivity index is 1.28. The van der Waals surface area contributed by atoms with Gasteiger partial charge in [0.2, 0.25) is 0 Å². The summed E-state index contributed by atoms with van der Waals surface area (Å²) in [5.41, 5.74) is 2.90. The number of hydrogen-bond donors (Lipinski definition) is 1. The number of aromatic nitrogens is 1. The Labute approximate surface area is 200 Å². The van der Waals surface area contributed by atoms with E-state index in [1.807, 2.05) is 18.2 Å². The van der Waals surface area contributed by atoms with Crippen molar-refractivity contribution in [3.63, 3.8) is 0 Å². The molecule has 1 saturated carbocycles. The molecule has 1 unspecified atom stereocenters. The third-order valence-corrected chi connectivity index (χ3v) is 7.79. The molecular weight excluding hydrogens is 427 g/mol. The first-order valence-corrected chi connectivity index (χ1v) is 12.3. The molecule has 2 heterocycles. The van der Waals surface area contributed by atoms with Crippen molar-refractivity contribution in [3.05, 3.63) is 95.4 Å². The molecule has 2 atom stereocenters. The molecule has 1 aliphatic heterocycles. The molecule has 1 aromatic heterocycles. The predicted octanol–water partition coefficient (Wildman–Crippen LogP) is 6.33. The number of carboxylic acids is 1. The van der Waals surface area contributed by atoms with Crippen LogP contribution in [0.2, 0.25) is 0 Å². The van der Waals surface area contributed by atoms with E-state index in [-0.39, 0.29) is 16.9 Å². The monoisotopic (exact) mass is 458 g/mol. The van der Waals surface area contributed by atoms with Crippen LogP contribution in [0.3, 0.4) is 0 Å². The van der Waals surface area contributed by atoms with Gasteiger partial charge in [-0.3, -0.25) is 0 Å². The highest BCUT2D eigenvalue weighted by molar-refractivity contribution is 5.85. The van der Waals surface area contributed by atoms with Gasteiger partial charge in [-0.15, -0.1) is 0 Å². The highest BCUT2D eigenvalue weighted by Crippen LogP contribution is 2.52. The highest BCUT2D eigenvalue weighted by Gasteiger charge is 2.41. The highest BCUT2D eigenvalue weighted by atomic mass is 19.1. The maximum Gasteiger partial charge on any atom is 0.354 e. The van der Waals surface area contributed by atoms with E-state index >= 15 is 0 Å². The SMILES string of the molecule is O=C(O)c1cccc(N2CCC(CC[C@@H]3CC3c3ccccc3)(Cc3ccc(F)cc3)CC2)n1. The van der Waals surface area contributed by atoms with Crippen LogP contribution in [0.4, 0.5) is 10.2 Å². The summed E-state index contributed by atoms with van der Waals surface area (Å²) in [5, 5.41) is 9.30. The summed E-state index contributed by atoms with van der Waals surface area (Å²) >= 11 is 0. The Morgan fingerprint density at radius 1 is 1.00 bits per heavy atom. The number of pyridine rings is 1. The topological polar surface area (TPSA) is 53.4 Å². The number of piperidine rings is 1. The molecule has 0 bridgehead atoms. The quantitative estimate of drug-likeness (QED) is 0.428. The third-order valence-electron chi connectivity index (χ3n) is 7.79. The zero-order valence-corrected chi connectivity index (χ0v) is 19.4. The maximum absolute atomic E-state index is 13.5. The number of nitrogens with zero attached hydrogens (tertiary/aromatic N) is 2. The Morgan fingerprint density at radius 3 is 2.44 bits per heavy atom. The van der Waals surface area contributed by atoms with Gasteiger partial charge in [-0.2, -0.15) is 0 Å². The fourth-order valence-corrected chi connectivity index (χ4v) is 5.65. The second kappa shape index (κ2) is 9.57. The summed E-state index contributed by atoms with van der Waals surface area (Å²) in [4.78, 5) is 17.9. The summed E-state index contributed by atoms with van der Waals surface area (Å²) in [6.45, 7) is 1.70. The molecule has 34 heavy (non-hydrogen) atoms. The minimum absolute atomic E-state index is 0.0846. The zero-order valence-electron chi connectivity index (χ0n) is 19.4. The molecule has 5 heteroatoms. The number of hydrogen-bond acceptors (Lipinski definition) is 3. The number of rotatable bonds is 8. The normalized spacial score (nSPS) is 21.3. The van der Waals surface area contributed by atoms with Crippen molar-refractivity contribution in [2.75, 3.05) is 18.0 Å². The molecule has 0 radical (unpaired) electrons. The lowest BCUT2D eigenvalue weighted by Crippen LogP contribution is -2.42. The summed E-state index contributed by atoms with van der Waals surface area (Å²) in [6.07, 6.45) is 6.64. The largest absolute Gasteiger partial charge is 0.477 e. The first-order valence-electron chi connectivity index (χ1n) is 12.3. The van der Waals surface area contributed by atoms with Gasteiger partial charge in [-0.05, 0) is 91.2 Å². The third kappa shape index (κ3) is 5.14. The van der Waals surface area contributed by atoms with Crippen LogP contribution in [0.5, 0.6) is 0 Å².